The molecule has 0 unspecified atom stereocenters. The van der Waals surface area contributed by atoms with Gasteiger partial charge in [-0.15, -0.1) is 0 Å². The molecular formula is C17H19ClN2O3. The summed E-state index contributed by atoms with van der Waals surface area (Å²) in [7, 11) is 0. The average Bonchev–Trinajstić information content (AvgIpc) is 2.51. The van der Waals surface area contributed by atoms with Crippen molar-refractivity contribution in [3.63, 3.8) is 0 Å². The van der Waals surface area contributed by atoms with E-state index in [1.807, 2.05) is 25.1 Å². The quantitative estimate of drug-likeness (QED) is 0.553. The minimum absolute atomic E-state index is 0.0437. The summed E-state index contributed by atoms with van der Waals surface area (Å²) in [4.78, 5) is 11.7. The molecule has 0 saturated heterocycles. The van der Waals surface area contributed by atoms with Crippen LogP contribution in [0, 0.1) is 6.92 Å². The molecule has 2 amide bonds. The number of nitrogens with one attached hydrogen (secondary N) is 2. The van der Waals surface area contributed by atoms with Gasteiger partial charge in [0.05, 0.1) is 17.3 Å². The largest absolute Gasteiger partial charge is 0.506 e. The molecule has 0 aliphatic carbocycles. The van der Waals surface area contributed by atoms with Gasteiger partial charge in [0, 0.05) is 6.54 Å². The molecule has 2 aromatic carbocycles. The summed E-state index contributed by atoms with van der Waals surface area (Å²) in [5.41, 5.74) is 1.30. The summed E-state index contributed by atoms with van der Waals surface area (Å²) < 4.78 is 5.53. The first-order chi connectivity index (χ1) is 11.1. The SMILES string of the molecule is Cc1ccc(NC(=O)NCCCOc2ccccc2Cl)c(O)c1. The normalized spacial score (nSPS) is 10.2. The molecule has 2 aromatic rings. The van der Waals surface area contributed by atoms with Crippen molar-refractivity contribution < 1.29 is 14.6 Å². The van der Waals surface area contributed by atoms with E-state index in [1.54, 1.807) is 24.3 Å². The minimum Gasteiger partial charge on any atom is -0.506 e. The van der Waals surface area contributed by atoms with E-state index in [0.29, 0.717) is 36.0 Å². The maximum Gasteiger partial charge on any atom is 0.319 e. The maximum atomic E-state index is 11.7. The topological polar surface area (TPSA) is 70.6 Å². The first-order valence-electron chi connectivity index (χ1n) is 7.28. The van der Waals surface area contributed by atoms with Crippen LogP contribution in [0.2, 0.25) is 5.02 Å². The van der Waals surface area contributed by atoms with Gasteiger partial charge in [0.15, 0.2) is 0 Å². The monoisotopic (exact) mass is 334 g/mol. The van der Waals surface area contributed by atoms with Gasteiger partial charge in [0.2, 0.25) is 0 Å². The van der Waals surface area contributed by atoms with Crippen LogP contribution in [0.4, 0.5) is 10.5 Å². The molecule has 0 aliphatic rings. The van der Waals surface area contributed by atoms with Gasteiger partial charge in [0.25, 0.3) is 0 Å². The van der Waals surface area contributed by atoms with E-state index >= 15 is 0 Å². The van der Waals surface area contributed by atoms with E-state index in [4.69, 9.17) is 16.3 Å². The van der Waals surface area contributed by atoms with E-state index in [0.717, 1.165) is 5.56 Å². The average molecular weight is 335 g/mol. The third-order valence-corrected chi connectivity index (χ3v) is 3.41. The van der Waals surface area contributed by atoms with Crippen molar-refractivity contribution in [2.45, 2.75) is 13.3 Å². The molecule has 0 aromatic heterocycles. The fourth-order valence-electron chi connectivity index (χ4n) is 1.93. The first-order valence-corrected chi connectivity index (χ1v) is 7.66. The second-order valence-corrected chi connectivity index (χ2v) is 5.44. The van der Waals surface area contributed by atoms with E-state index in [-0.39, 0.29) is 11.8 Å². The lowest BCUT2D eigenvalue weighted by Crippen LogP contribution is -2.30. The van der Waals surface area contributed by atoms with Crippen LogP contribution in [0.25, 0.3) is 0 Å². The molecule has 0 atom stereocenters. The zero-order chi connectivity index (χ0) is 16.7. The Labute approximate surface area is 140 Å². The van der Waals surface area contributed by atoms with Gasteiger partial charge >= 0.3 is 6.03 Å². The summed E-state index contributed by atoms with van der Waals surface area (Å²) in [5, 5.41) is 15.6. The number of anilines is 1. The molecule has 0 radical (unpaired) electrons. The van der Waals surface area contributed by atoms with Crippen molar-refractivity contribution in [3.8, 4) is 11.5 Å². The number of carbonyl (C=O) groups excluding carboxylic acids is 1. The summed E-state index contributed by atoms with van der Waals surface area (Å²) >= 11 is 5.98. The fraction of sp³-hybridized carbons (Fsp3) is 0.235. The number of halogens is 1. The van der Waals surface area contributed by atoms with Crippen LogP contribution in [-0.2, 0) is 0 Å². The number of phenols is 1. The second-order valence-electron chi connectivity index (χ2n) is 5.03. The van der Waals surface area contributed by atoms with E-state index in [1.165, 1.54) is 0 Å². The molecule has 0 fully saturated rings. The van der Waals surface area contributed by atoms with Gasteiger partial charge < -0.3 is 20.5 Å². The molecule has 5 nitrogen and oxygen atoms in total. The summed E-state index contributed by atoms with van der Waals surface area (Å²) in [6, 6.07) is 11.9. The smallest absolute Gasteiger partial charge is 0.319 e. The minimum atomic E-state index is -0.373. The van der Waals surface area contributed by atoms with Crippen LogP contribution < -0.4 is 15.4 Å². The molecule has 3 N–H and O–H groups in total. The fourth-order valence-corrected chi connectivity index (χ4v) is 2.12. The molecule has 6 heteroatoms. The van der Waals surface area contributed by atoms with Gasteiger partial charge in [-0.3, -0.25) is 0 Å². The number of aryl methyl sites for hydroxylation is 1. The summed E-state index contributed by atoms with van der Waals surface area (Å²) in [6.45, 7) is 2.76. The Kier molecular flexibility index (Phi) is 6.11. The van der Waals surface area contributed by atoms with Gasteiger partial charge in [-0.25, -0.2) is 4.79 Å². The van der Waals surface area contributed by atoms with Crippen molar-refractivity contribution in [1.29, 1.82) is 0 Å². The number of rotatable bonds is 6. The summed E-state index contributed by atoms with van der Waals surface area (Å²) in [6.07, 6.45) is 0.637. The predicted octanol–water partition coefficient (Wildman–Crippen LogP) is 3.94. The highest BCUT2D eigenvalue weighted by Crippen LogP contribution is 2.24. The Balaban J connectivity index is 1.68. The lowest BCUT2D eigenvalue weighted by Gasteiger charge is -2.10. The van der Waals surface area contributed by atoms with Gasteiger partial charge in [-0.2, -0.15) is 0 Å². The van der Waals surface area contributed by atoms with Crippen LogP contribution in [0.5, 0.6) is 11.5 Å². The van der Waals surface area contributed by atoms with E-state index in [9.17, 15) is 9.90 Å². The number of ether oxygens (including phenoxy) is 1. The molecule has 0 bridgehead atoms. The van der Waals surface area contributed by atoms with Crippen LogP contribution in [0.15, 0.2) is 42.5 Å². The number of carbonyl (C=O) groups is 1. The zero-order valence-electron chi connectivity index (χ0n) is 12.8. The number of urea groups is 1. The highest BCUT2D eigenvalue weighted by molar-refractivity contribution is 6.32. The van der Waals surface area contributed by atoms with Gasteiger partial charge in [-0.1, -0.05) is 29.8 Å². The molecular weight excluding hydrogens is 316 g/mol. The van der Waals surface area contributed by atoms with Crippen LogP contribution in [0.1, 0.15) is 12.0 Å². The molecule has 23 heavy (non-hydrogen) atoms. The van der Waals surface area contributed by atoms with Crippen LogP contribution in [0.3, 0.4) is 0 Å². The first kappa shape index (κ1) is 17.0. The number of aromatic hydroxyl groups is 1. The molecule has 122 valence electrons. The Bertz CT molecular complexity index is 677. The number of hydrogen-bond donors (Lipinski definition) is 3. The van der Waals surface area contributed by atoms with Crippen molar-refractivity contribution in [1.82, 2.24) is 5.32 Å². The van der Waals surface area contributed by atoms with Gasteiger partial charge in [-0.05, 0) is 43.2 Å². The maximum absolute atomic E-state index is 11.7. The second kappa shape index (κ2) is 8.29. The standard InChI is InChI=1S/C17H19ClN2O3/c1-12-7-8-14(15(21)11-12)20-17(22)19-9-4-10-23-16-6-3-2-5-13(16)18/h2-3,5-8,11,21H,4,9-10H2,1H3,(H2,19,20,22). The predicted molar refractivity (Wildman–Crippen MR) is 91.4 cm³/mol. The van der Waals surface area contributed by atoms with Gasteiger partial charge in [0.1, 0.15) is 11.5 Å². The highest BCUT2D eigenvalue weighted by atomic mass is 35.5. The third kappa shape index (κ3) is 5.38. The Morgan fingerprint density at radius 1 is 1.26 bits per heavy atom. The number of benzene rings is 2. The van der Waals surface area contributed by atoms with E-state index in [2.05, 4.69) is 10.6 Å². The molecule has 0 aliphatic heterocycles. The molecule has 0 spiro atoms. The molecule has 0 heterocycles. The van der Waals surface area contributed by atoms with Crippen LogP contribution >= 0.6 is 11.6 Å². The van der Waals surface area contributed by atoms with Crippen molar-refractivity contribution in [3.05, 3.63) is 53.1 Å². The zero-order valence-corrected chi connectivity index (χ0v) is 13.6. The van der Waals surface area contributed by atoms with E-state index < -0.39 is 0 Å². The molecule has 2 rings (SSSR count). The van der Waals surface area contributed by atoms with Crippen molar-refractivity contribution >= 4 is 23.3 Å². The lowest BCUT2D eigenvalue weighted by atomic mass is 10.2. The number of para-hydroxylation sites is 1. The third-order valence-electron chi connectivity index (χ3n) is 3.10. The highest BCUT2D eigenvalue weighted by Gasteiger charge is 2.06. The number of phenolic OH excluding ortho intramolecular Hbond substituents is 1. The number of hydrogen-bond acceptors (Lipinski definition) is 3. The van der Waals surface area contributed by atoms with Crippen LogP contribution in [-0.4, -0.2) is 24.3 Å². The number of amides is 2. The summed E-state index contributed by atoms with van der Waals surface area (Å²) in [5.74, 6) is 0.672. The lowest BCUT2D eigenvalue weighted by molar-refractivity contribution is 0.250. The van der Waals surface area contributed by atoms with Crippen molar-refractivity contribution in [2.75, 3.05) is 18.5 Å². The Hall–Kier alpha value is -2.40. The van der Waals surface area contributed by atoms with Crippen molar-refractivity contribution in [2.24, 2.45) is 0 Å². The Morgan fingerprint density at radius 3 is 2.78 bits per heavy atom. The Morgan fingerprint density at radius 2 is 2.04 bits per heavy atom. The molecule has 0 saturated carbocycles.